The molecule has 0 aliphatic rings. The third kappa shape index (κ3) is 1.52. The average molecular weight is 91.1 g/mol. The van der Waals surface area contributed by atoms with Gasteiger partial charge in [0.2, 0.25) is 0 Å². The molecule has 0 aromatic rings. The van der Waals surface area contributed by atoms with Crippen molar-refractivity contribution in [3.63, 3.8) is 0 Å². The Morgan fingerprint density at radius 3 is 3.00 bits per heavy atom. The number of carbonyl (C=O) groups is 1. The van der Waals surface area contributed by atoms with Crippen molar-refractivity contribution in [3.05, 3.63) is 12.1 Å². The van der Waals surface area contributed by atoms with Gasteiger partial charge in [0.1, 0.15) is 0 Å². The molecule has 0 aromatic carbocycles. The molecule has 6 heavy (non-hydrogen) atoms. The lowest BCUT2D eigenvalue weighted by atomic mass is 10.4. The molecule has 0 radical (unpaired) electrons. The van der Waals surface area contributed by atoms with Crippen molar-refractivity contribution in [1.29, 1.82) is 0 Å². The zero-order valence-corrected chi connectivity index (χ0v) is 2.86. The van der Waals surface area contributed by atoms with Crippen LogP contribution < -0.4 is 0 Å². The van der Waals surface area contributed by atoms with Crippen LogP contribution in [0.3, 0.4) is 0 Å². The number of aliphatic carboxylic acids is 1. The van der Waals surface area contributed by atoms with Crippen molar-refractivity contribution in [3.8, 4) is 0 Å². The van der Waals surface area contributed by atoms with Gasteiger partial charge in [-0.1, -0.05) is 6.53 Å². The first kappa shape index (κ1) is 1.09. The van der Waals surface area contributed by atoms with Crippen molar-refractivity contribution in [2.45, 2.75) is 6.85 Å². The maximum absolute atomic E-state index is 10.1. The number of carboxylic acid groups (broad SMARTS) is 1. The molecule has 0 aromatic heterocycles. The smallest absolute Gasteiger partial charge is 0.330 e. The molecule has 0 rings (SSSR count). The van der Waals surface area contributed by atoms with Gasteiger partial charge in [-0.25, -0.2) is 4.79 Å². The standard InChI is InChI=1S/C4H6O2/c1-3(2)4(5)6/h1H2,2H3,(H,5,6)/i1D2,2D3. The summed E-state index contributed by atoms with van der Waals surface area (Å²) in [6.45, 7) is -4.07. The Hall–Kier alpha value is -0.790. The highest BCUT2D eigenvalue weighted by Crippen LogP contribution is 1.81. The Kier molecular flexibility index (Phi) is 0.290. The first-order chi connectivity index (χ1) is 4.76. The summed E-state index contributed by atoms with van der Waals surface area (Å²) in [4.78, 5) is 10.1. The molecule has 1 N–H and O–H groups in total. The molecule has 34 valence electrons. The summed E-state index contributed by atoms with van der Waals surface area (Å²) >= 11 is 0. The molecular weight excluding hydrogens is 80.0 g/mol. The van der Waals surface area contributed by atoms with E-state index in [1.165, 1.54) is 0 Å². The zero-order valence-electron chi connectivity index (χ0n) is 7.86. The van der Waals surface area contributed by atoms with Crippen molar-refractivity contribution in [1.82, 2.24) is 0 Å². The molecule has 0 bridgehead atoms. The number of rotatable bonds is 1. The zero-order chi connectivity index (χ0) is 9.23. The average Bonchev–Trinajstić information content (AvgIpc) is 1.54. The fourth-order valence-corrected chi connectivity index (χ4v) is 0. The molecule has 0 saturated heterocycles. The molecule has 2 heteroatoms. The Morgan fingerprint density at radius 1 is 2.33 bits per heavy atom. The van der Waals surface area contributed by atoms with Crippen LogP contribution in [0.25, 0.3) is 0 Å². The van der Waals surface area contributed by atoms with Gasteiger partial charge in [-0.3, -0.25) is 0 Å². The van der Waals surface area contributed by atoms with E-state index in [-0.39, 0.29) is 0 Å². The molecule has 0 heterocycles. The fraction of sp³-hybridized carbons (Fsp3) is 0.250. The Bertz CT molecular complexity index is 199. The summed E-state index contributed by atoms with van der Waals surface area (Å²) in [6, 6.07) is 0. The van der Waals surface area contributed by atoms with E-state index in [9.17, 15) is 4.79 Å². The summed E-state index contributed by atoms with van der Waals surface area (Å²) in [5.74, 6) is -1.75. The van der Waals surface area contributed by atoms with Gasteiger partial charge >= 0.3 is 5.97 Å². The van der Waals surface area contributed by atoms with Crippen LogP contribution in [0.1, 0.15) is 13.7 Å². The van der Waals surface area contributed by atoms with Crippen molar-refractivity contribution in [2.75, 3.05) is 0 Å². The van der Waals surface area contributed by atoms with E-state index in [2.05, 4.69) is 0 Å². The van der Waals surface area contributed by atoms with Gasteiger partial charge in [0, 0.05) is 9.69 Å². The number of hydrogen-bond donors (Lipinski definition) is 1. The monoisotopic (exact) mass is 91.1 g/mol. The second kappa shape index (κ2) is 1.60. The van der Waals surface area contributed by atoms with Gasteiger partial charge in [0.25, 0.3) is 0 Å². The van der Waals surface area contributed by atoms with Crippen LogP contribution in [-0.4, -0.2) is 11.1 Å². The minimum atomic E-state index is -2.88. The molecule has 0 amide bonds. The van der Waals surface area contributed by atoms with Crippen LogP contribution in [0.15, 0.2) is 12.1 Å². The molecule has 0 atom stereocenters. The van der Waals surface area contributed by atoms with E-state index in [0.29, 0.717) is 0 Å². The highest BCUT2D eigenvalue weighted by molar-refractivity contribution is 5.84. The highest BCUT2D eigenvalue weighted by atomic mass is 16.4. The second-order valence-corrected chi connectivity index (χ2v) is 0.680. The predicted octanol–water partition coefficient (Wildman–Crippen LogP) is 0.647. The lowest BCUT2D eigenvalue weighted by Gasteiger charge is -1.79. The summed E-state index contributed by atoms with van der Waals surface area (Å²) < 4.78 is 32.9. The molecule has 0 aliphatic heterocycles. The van der Waals surface area contributed by atoms with Crippen molar-refractivity contribution in [2.24, 2.45) is 0 Å². The predicted molar refractivity (Wildman–Crippen MR) is 22.4 cm³/mol. The minimum absolute atomic E-state index is 1.16. The molecular formula is C4H6O2. The fourth-order valence-electron chi connectivity index (χ4n) is 0. The van der Waals surface area contributed by atoms with Gasteiger partial charge < -0.3 is 5.11 Å². The van der Waals surface area contributed by atoms with E-state index in [1.54, 1.807) is 0 Å². The first-order valence-electron chi connectivity index (χ1n) is 3.68. The van der Waals surface area contributed by atoms with Crippen LogP contribution in [0, 0.1) is 0 Å². The Morgan fingerprint density at radius 2 is 3.00 bits per heavy atom. The lowest BCUT2D eigenvalue weighted by molar-refractivity contribution is -0.132. The van der Waals surface area contributed by atoms with Crippen molar-refractivity contribution < 1.29 is 16.8 Å². The second-order valence-electron chi connectivity index (χ2n) is 0.680. The molecule has 2 nitrogen and oxygen atoms in total. The summed E-state index contributed by atoms with van der Waals surface area (Å²) in [6.07, 6.45) is 0. The van der Waals surface area contributed by atoms with Crippen LogP contribution >= 0.6 is 0 Å². The molecule has 0 spiro atoms. The Balaban J connectivity index is 4.96. The quantitative estimate of drug-likeness (QED) is 0.481. The van der Waals surface area contributed by atoms with Gasteiger partial charge in [-0.15, -0.1) is 0 Å². The van der Waals surface area contributed by atoms with E-state index in [1.807, 2.05) is 0 Å². The number of hydrogen-bond acceptors (Lipinski definition) is 1. The Labute approximate surface area is 43.1 Å². The summed E-state index contributed by atoms with van der Waals surface area (Å²) in [5.41, 5.74) is -1.16. The van der Waals surface area contributed by atoms with Gasteiger partial charge in [0.05, 0.1) is 2.74 Å². The third-order valence-electron chi connectivity index (χ3n) is 0.214. The maximum Gasteiger partial charge on any atom is 0.330 e. The van der Waals surface area contributed by atoms with Crippen molar-refractivity contribution >= 4 is 5.97 Å². The first-order valence-corrected chi connectivity index (χ1v) is 1.18. The van der Waals surface area contributed by atoms with E-state index in [0.717, 1.165) is 0 Å². The van der Waals surface area contributed by atoms with E-state index >= 15 is 0 Å². The third-order valence-corrected chi connectivity index (χ3v) is 0.214. The maximum atomic E-state index is 10.1. The van der Waals surface area contributed by atoms with E-state index in [4.69, 9.17) is 12.0 Å². The van der Waals surface area contributed by atoms with Crippen LogP contribution in [0.4, 0.5) is 0 Å². The minimum Gasteiger partial charge on any atom is -0.478 e. The van der Waals surface area contributed by atoms with Gasteiger partial charge in [-0.2, -0.15) is 0 Å². The normalized spacial score (nSPS) is 21.0. The van der Waals surface area contributed by atoms with Gasteiger partial charge in [-0.05, 0) is 6.85 Å². The van der Waals surface area contributed by atoms with Crippen LogP contribution in [0.2, 0.25) is 0 Å². The topological polar surface area (TPSA) is 37.3 Å². The summed E-state index contributed by atoms with van der Waals surface area (Å²) in [5, 5.41) is 8.22. The lowest BCUT2D eigenvalue weighted by Crippen LogP contribution is -1.92. The van der Waals surface area contributed by atoms with E-state index < -0.39 is 24.9 Å². The van der Waals surface area contributed by atoms with Crippen LogP contribution in [0.5, 0.6) is 0 Å². The molecule has 0 fully saturated rings. The molecule has 0 saturated carbocycles. The highest BCUT2D eigenvalue weighted by Gasteiger charge is 1.90. The largest absolute Gasteiger partial charge is 0.478 e. The molecule has 0 aliphatic carbocycles. The SMILES string of the molecule is [2H]C([2H])=C(C(=O)O)C([2H])([2H])[2H]. The number of carboxylic acids is 1. The summed E-state index contributed by atoms with van der Waals surface area (Å²) in [7, 11) is 0. The van der Waals surface area contributed by atoms with Crippen LogP contribution in [-0.2, 0) is 4.79 Å². The van der Waals surface area contributed by atoms with Gasteiger partial charge in [0.15, 0.2) is 0 Å². The molecule has 0 unspecified atom stereocenters.